The summed E-state index contributed by atoms with van der Waals surface area (Å²) in [7, 11) is 1.65. The van der Waals surface area contributed by atoms with Crippen molar-refractivity contribution in [3.8, 4) is 11.5 Å². The SMILES string of the molecule is COc1ccc(O)c(C(C)NCC2(SC)CCCCC2)c1. The molecule has 0 saturated heterocycles. The van der Waals surface area contributed by atoms with Crippen molar-refractivity contribution < 1.29 is 9.84 Å². The highest BCUT2D eigenvalue weighted by Crippen LogP contribution is 2.38. The number of aromatic hydroxyl groups is 1. The maximum absolute atomic E-state index is 10.1. The van der Waals surface area contributed by atoms with E-state index in [0.29, 0.717) is 10.5 Å². The Labute approximate surface area is 132 Å². The van der Waals surface area contributed by atoms with Crippen LogP contribution in [0, 0.1) is 0 Å². The summed E-state index contributed by atoms with van der Waals surface area (Å²) in [5, 5.41) is 13.7. The van der Waals surface area contributed by atoms with E-state index in [1.54, 1.807) is 19.2 Å². The first-order chi connectivity index (χ1) is 10.1. The van der Waals surface area contributed by atoms with Gasteiger partial charge in [-0.25, -0.2) is 0 Å². The van der Waals surface area contributed by atoms with Crippen LogP contribution in [0.5, 0.6) is 11.5 Å². The van der Waals surface area contributed by atoms with Crippen molar-refractivity contribution in [1.29, 1.82) is 0 Å². The Morgan fingerprint density at radius 2 is 2.05 bits per heavy atom. The van der Waals surface area contributed by atoms with E-state index in [2.05, 4.69) is 18.5 Å². The van der Waals surface area contributed by atoms with Gasteiger partial charge in [-0.1, -0.05) is 19.3 Å². The Hall–Kier alpha value is -0.870. The number of phenolic OH excluding ortho intramolecular Hbond substituents is 1. The first-order valence-corrected chi connectivity index (χ1v) is 8.98. The lowest BCUT2D eigenvalue weighted by molar-refractivity contribution is 0.363. The fourth-order valence-electron chi connectivity index (χ4n) is 3.10. The predicted molar refractivity (Wildman–Crippen MR) is 90.4 cm³/mol. The average molecular weight is 309 g/mol. The van der Waals surface area contributed by atoms with Gasteiger partial charge in [-0.05, 0) is 44.2 Å². The number of benzene rings is 1. The van der Waals surface area contributed by atoms with E-state index in [9.17, 15) is 5.11 Å². The van der Waals surface area contributed by atoms with Crippen LogP contribution in [0.2, 0.25) is 0 Å². The molecule has 1 aromatic carbocycles. The molecule has 1 aliphatic carbocycles. The maximum Gasteiger partial charge on any atom is 0.120 e. The molecule has 1 aromatic rings. The number of hydrogen-bond donors (Lipinski definition) is 2. The standard InChI is InChI=1S/C17H27NO2S/c1-13(15-11-14(20-2)7-8-16(15)19)18-12-17(21-3)9-5-4-6-10-17/h7-8,11,13,18-19H,4-6,9-10,12H2,1-3H3. The number of hydrogen-bond acceptors (Lipinski definition) is 4. The molecule has 3 nitrogen and oxygen atoms in total. The van der Waals surface area contributed by atoms with Crippen molar-refractivity contribution in [3.63, 3.8) is 0 Å². The summed E-state index contributed by atoms with van der Waals surface area (Å²) < 4.78 is 5.61. The van der Waals surface area contributed by atoms with Crippen LogP contribution in [0.25, 0.3) is 0 Å². The Morgan fingerprint density at radius 1 is 1.33 bits per heavy atom. The minimum Gasteiger partial charge on any atom is -0.508 e. The summed E-state index contributed by atoms with van der Waals surface area (Å²) in [5.41, 5.74) is 0.904. The van der Waals surface area contributed by atoms with Crippen molar-refractivity contribution in [2.45, 2.75) is 49.8 Å². The fourth-order valence-corrected chi connectivity index (χ4v) is 4.03. The molecule has 0 bridgehead atoms. The van der Waals surface area contributed by atoms with Crippen LogP contribution in [-0.4, -0.2) is 29.8 Å². The van der Waals surface area contributed by atoms with Gasteiger partial charge in [-0.15, -0.1) is 0 Å². The van der Waals surface area contributed by atoms with Crippen LogP contribution in [0.4, 0.5) is 0 Å². The molecule has 0 spiro atoms. The largest absolute Gasteiger partial charge is 0.508 e. The van der Waals surface area contributed by atoms with Crippen LogP contribution in [0.15, 0.2) is 18.2 Å². The second kappa shape index (κ2) is 7.41. The average Bonchev–Trinajstić information content (AvgIpc) is 2.54. The molecule has 0 radical (unpaired) electrons. The molecule has 1 saturated carbocycles. The highest BCUT2D eigenvalue weighted by Gasteiger charge is 2.31. The van der Waals surface area contributed by atoms with Crippen molar-refractivity contribution in [3.05, 3.63) is 23.8 Å². The molecule has 1 unspecified atom stereocenters. The highest BCUT2D eigenvalue weighted by atomic mass is 32.2. The molecule has 2 N–H and O–H groups in total. The summed E-state index contributed by atoms with van der Waals surface area (Å²) in [6.45, 7) is 3.09. The molecule has 2 rings (SSSR count). The summed E-state index contributed by atoms with van der Waals surface area (Å²) >= 11 is 1.99. The zero-order valence-corrected chi connectivity index (χ0v) is 14.1. The lowest BCUT2D eigenvalue weighted by Gasteiger charge is -2.37. The molecule has 0 amide bonds. The van der Waals surface area contributed by atoms with Gasteiger partial charge in [0.2, 0.25) is 0 Å². The van der Waals surface area contributed by atoms with Crippen molar-refractivity contribution in [2.75, 3.05) is 19.9 Å². The Morgan fingerprint density at radius 3 is 2.67 bits per heavy atom. The first kappa shape index (κ1) is 16.5. The van der Waals surface area contributed by atoms with E-state index < -0.39 is 0 Å². The zero-order chi connectivity index (χ0) is 15.3. The van der Waals surface area contributed by atoms with Crippen LogP contribution < -0.4 is 10.1 Å². The Bertz CT molecular complexity index is 458. The van der Waals surface area contributed by atoms with Gasteiger partial charge in [0.05, 0.1) is 7.11 Å². The lowest BCUT2D eigenvalue weighted by Crippen LogP contribution is -2.40. The van der Waals surface area contributed by atoms with Crippen LogP contribution >= 0.6 is 11.8 Å². The predicted octanol–water partition coefficient (Wildman–Crippen LogP) is 4.12. The molecule has 1 atom stereocenters. The molecule has 1 fully saturated rings. The van der Waals surface area contributed by atoms with Crippen molar-refractivity contribution in [1.82, 2.24) is 5.32 Å². The summed E-state index contributed by atoms with van der Waals surface area (Å²) in [6.07, 6.45) is 8.84. The molecule has 21 heavy (non-hydrogen) atoms. The van der Waals surface area contributed by atoms with Gasteiger partial charge in [0.15, 0.2) is 0 Å². The summed E-state index contributed by atoms with van der Waals surface area (Å²) in [4.78, 5) is 0. The van der Waals surface area contributed by atoms with E-state index in [1.165, 1.54) is 32.1 Å². The minimum atomic E-state index is 0.117. The molecule has 118 valence electrons. The number of rotatable bonds is 6. The highest BCUT2D eigenvalue weighted by molar-refractivity contribution is 8.00. The topological polar surface area (TPSA) is 41.5 Å². The van der Waals surface area contributed by atoms with Crippen molar-refractivity contribution >= 4 is 11.8 Å². The Balaban J connectivity index is 2.02. The molecule has 1 aliphatic rings. The lowest BCUT2D eigenvalue weighted by atomic mass is 9.88. The third-order valence-electron chi connectivity index (χ3n) is 4.63. The zero-order valence-electron chi connectivity index (χ0n) is 13.3. The van der Waals surface area contributed by atoms with E-state index in [1.807, 2.05) is 17.8 Å². The normalized spacial score (nSPS) is 19.2. The van der Waals surface area contributed by atoms with Crippen LogP contribution in [0.1, 0.15) is 50.6 Å². The van der Waals surface area contributed by atoms with Gasteiger partial charge in [-0.2, -0.15) is 11.8 Å². The smallest absolute Gasteiger partial charge is 0.120 e. The molecule has 0 aliphatic heterocycles. The number of ether oxygens (including phenoxy) is 1. The van der Waals surface area contributed by atoms with Gasteiger partial charge in [0.1, 0.15) is 11.5 Å². The fraction of sp³-hybridized carbons (Fsp3) is 0.647. The number of nitrogens with one attached hydrogen (secondary N) is 1. The number of methoxy groups -OCH3 is 1. The summed E-state index contributed by atoms with van der Waals surface area (Å²) in [6, 6.07) is 5.53. The summed E-state index contributed by atoms with van der Waals surface area (Å²) in [5.74, 6) is 1.12. The second-order valence-corrected chi connectivity index (χ2v) is 7.25. The van der Waals surface area contributed by atoms with Gasteiger partial charge >= 0.3 is 0 Å². The first-order valence-electron chi connectivity index (χ1n) is 7.76. The van der Waals surface area contributed by atoms with Gasteiger partial charge in [-0.3, -0.25) is 0 Å². The number of thioether (sulfide) groups is 1. The minimum absolute atomic E-state index is 0.117. The van der Waals surface area contributed by atoms with Gasteiger partial charge in [0.25, 0.3) is 0 Å². The second-order valence-electron chi connectivity index (χ2n) is 5.98. The molecular formula is C17H27NO2S. The van der Waals surface area contributed by atoms with Gasteiger partial charge < -0.3 is 15.2 Å². The quantitative estimate of drug-likeness (QED) is 0.829. The Kier molecular flexibility index (Phi) is 5.82. The number of phenols is 1. The van der Waals surface area contributed by atoms with Crippen LogP contribution in [-0.2, 0) is 0 Å². The third-order valence-corrected chi connectivity index (χ3v) is 6.05. The van der Waals surface area contributed by atoms with E-state index in [0.717, 1.165) is 17.9 Å². The van der Waals surface area contributed by atoms with E-state index in [-0.39, 0.29) is 6.04 Å². The molecule has 4 heteroatoms. The molecule has 0 aromatic heterocycles. The van der Waals surface area contributed by atoms with Crippen molar-refractivity contribution in [2.24, 2.45) is 0 Å². The maximum atomic E-state index is 10.1. The third kappa shape index (κ3) is 4.07. The van der Waals surface area contributed by atoms with Crippen LogP contribution in [0.3, 0.4) is 0 Å². The van der Waals surface area contributed by atoms with E-state index >= 15 is 0 Å². The van der Waals surface area contributed by atoms with E-state index in [4.69, 9.17) is 4.74 Å². The molecular weight excluding hydrogens is 282 g/mol. The monoisotopic (exact) mass is 309 g/mol. The van der Waals surface area contributed by atoms with Gasteiger partial charge in [0, 0.05) is 22.9 Å². The molecule has 0 heterocycles.